The first-order chi connectivity index (χ1) is 17.8. The van der Waals surface area contributed by atoms with E-state index >= 15 is 4.39 Å². The molecule has 0 saturated heterocycles. The predicted octanol–water partition coefficient (Wildman–Crippen LogP) is 6.73. The van der Waals surface area contributed by atoms with E-state index in [9.17, 15) is 4.79 Å². The van der Waals surface area contributed by atoms with Crippen LogP contribution in [0.25, 0.3) is 38.4 Å². The molecule has 5 nitrogen and oxygen atoms in total. The molecule has 0 amide bonds. The number of rotatable bonds is 2. The number of pyridine rings is 1. The van der Waals surface area contributed by atoms with Gasteiger partial charge in [0.05, 0.1) is 23.5 Å². The third-order valence-electron chi connectivity index (χ3n) is 8.19. The van der Waals surface area contributed by atoms with Crippen molar-refractivity contribution in [2.45, 2.75) is 39.0 Å². The molecule has 2 aliphatic carbocycles. The maximum absolute atomic E-state index is 15.2. The second-order valence-electron chi connectivity index (χ2n) is 10.6. The Labute approximate surface area is 214 Å². The van der Waals surface area contributed by atoms with Crippen molar-refractivity contribution in [1.29, 1.82) is 0 Å². The minimum atomic E-state index is -0.728. The average Bonchev–Trinajstić information content (AvgIpc) is 2.90. The Balaban J connectivity index is 1.71. The molecular formula is C31H25FN4O. The van der Waals surface area contributed by atoms with Crippen molar-refractivity contribution in [1.82, 2.24) is 15.0 Å². The number of halogens is 1. The molecule has 6 rings (SSSR count). The van der Waals surface area contributed by atoms with Crippen LogP contribution in [-0.4, -0.2) is 20.7 Å². The molecular weight excluding hydrogens is 463 g/mol. The number of benzene rings is 2. The third-order valence-corrected chi connectivity index (χ3v) is 8.19. The van der Waals surface area contributed by atoms with Crippen molar-refractivity contribution in [2.24, 2.45) is 11.3 Å². The molecule has 2 aliphatic rings. The Morgan fingerprint density at radius 1 is 1.00 bits per heavy atom. The molecule has 0 unspecified atom stereocenters. The van der Waals surface area contributed by atoms with Gasteiger partial charge < -0.3 is 4.79 Å². The van der Waals surface area contributed by atoms with Gasteiger partial charge in [0, 0.05) is 39.1 Å². The second kappa shape index (κ2) is 8.14. The SMILES string of the molecule is [C-]#[N+]C1=C[C@@]2(C)c3nc(-c4ccnc5ccccc45)nc(-c4ccccc4F)c3CC[C@@H]2C(C)(C)C1=O. The van der Waals surface area contributed by atoms with E-state index in [2.05, 4.69) is 16.8 Å². The highest BCUT2D eigenvalue weighted by Gasteiger charge is 2.55. The molecule has 37 heavy (non-hydrogen) atoms. The van der Waals surface area contributed by atoms with E-state index in [-0.39, 0.29) is 23.2 Å². The summed E-state index contributed by atoms with van der Waals surface area (Å²) in [5.74, 6) is -0.0595. The minimum absolute atomic E-state index is 0.0593. The fraction of sp³-hybridized carbons (Fsp3) is 0.258. The first kappa shape index (κ1) is 23.2. The van der Waals surface area contributed by atoms with Gasteiger partial charge >= 0.3 is 0 Å². The van der Waals surface area contributed by atoms with Crippen LogP contribution in [0.15, 0.2) is 72.6 Å². The quantitative estimate of drug-likeness (QED) is 0.294. The van der Waals surface area contributed by atoms with Crippen LogP contribution in [-0.2, 0) is 16.6 Å². The Morgan fingerprint density at radius 3 is 2.54 bits per heavy atom. The van der Waals surface area contributed by atoms with Gasteiger partial charge in [-0.2, -0.15) is 0 Å². The van der Waals surface area contributed by atoms with Gasteiger partial charge in [-0.05, 0) is 43.0 Å². The predicted molar refractivity (Wildman–Crippen MR) is 141 cm³/mol. The van der Waals surface area contributed by atoms with Crippen molar-refractivity contribution >= 4 is 16.7 Å². The normalized spacial score (nSPS) is 22.1. The number of aromatic nitrogens is 3. The van der Waals surface area contributed by atoms with Gasteiger partial charge in [0.2, 0.25) is 5.70 Å². The van der Waals surface area contributed by atoms with Gasteiger partial charge in [0.25, 0.3) is 0 Å². The number of fused-ring (bicyclic) bond motifs is 4. The lowest BCUT2D eigenvalue weighted by Gasteiger charge is -2.50. The Bertz CT molecular complexity index is 1680. The van der Waals surface area contributed by atoms with Crippen molar-refractivity contribution in [3.63, 3.8) is 0 Å². The molecule has 0 spiro atoms. The van der Waals surface area contributed by atoms with E-state index in [0.29, 0.717) is 29.9 Å². The van der Waals surface area contributed by atoms with Gasteiger partial charge in [-0.15, -0.1) is 0 Å². The van der Waals surface area contributed by atoms with Crippen molar-refractivity contribution in [3.8, 4) is 22.6 Å². The van der Waals surface area contributed by atoms with Crippen LogP contribution in [0.4, 0.5) is 4.39 Å². The van der Waals surface area contributed by atoms with Crippen LogP contribution < -0.4 is 0 Å². The molecule has 2 aromatic carbocycles. The van der Waals surface area contributed by atoms with Crippen molar-refractivity contribution in [2.75, 3.05) is 0 Å². The summed E-state index contributed by atoms with van der Waals surface area (Å²) in [6.45, 7) is 13.6. The summed E-state index contributed by atoms with van der Waals surface area (Å²) in [6.07, 6.45) is 4.86. The number of carbonyl (C=O) groups excluding carboxylic acids is 1. The average molecular weight is 489 g/mol. The molecule has 0 fully saturated rings. The van der Waals surface area contributed by atoms with E-state index in [4.69, 9.17) is 16.5 Å². The number of Topliss-reactive ketones (excluding diaryl/α,β-unsaturated/α-hetero) is 1. The first-order valence-electron chi connectivity index (χ1n) is 12.4. The number of hydrogen-bond donors (Lipinski definition) is 0. The fourth-order valence-corrected chi connectivity index (χ4v) is 6.41. The van der Waals surface area contributed by atoms with Crippen molar-refractivity contribution in [3.05, 3.63) is 101 Å². The number of para-hydroxylation sites is 1. The summed E-state index contributed by atoms with van der Waals surface area (Å²) in [7, 11) is 0. The summed E-state index contributed by atoms with van der Waals surface area (Å²) >= 11 is 0. The highest BCUT2D eigenvalue weighted by atomic mass is 19.1. The molecule has 6 heteroatoms. The fourth-order valence-electron chi connectivity index (χ4n) is 6.41. The summed E-state index contributed by atoms with van der Waals surface area (Å²) in [4.78, 5) is 31.4. The molecule has 4 aromatic rings. The van der Waals surface area contributed by atoms with E-state index < -0.39 is 10.8 Å². The minimum Gasteiger partial charge on any atom is -0.307 e. The van der Waals surface area contributed by atoms with Gasteiger partial charge in [0.15, 0.2) is 11.6 Å². The highest BCUT2D eigenvalue weighted by molar-refractivity contribution is 6.03. The van der Waals surface area contributed by atoms with Gasteiger partial charge in [-0.25, -0.2) is 19.2 Å². The Kier molecular flexibility index (Phi) is 5.10. The number of hydrogen-bond acceptors (Lipinski definition) is 4. The standard InChI is InChI=1S/C31H25FN4O/c1-30(2)25-14-13-21-26(20-10-5-7-11-22(20)32)35-29(19-15-16-34-23-12-8-6-9-18(19)23)36-27(21)31(25,3)17-24(33-4)28(30)37/h5-12,15-17,25H,13-14H2,1-3H3/t25-,31-/m1/s1. The summed E-state index contributed by atoms with van der Waals surface area (Å²) < 4.78 is 15.2. The van der Waals surface area contributed by atoms with Crippen LogP contribution in [0.3, 0.4) is 0 Å². The molecule has 2 atom stereocenters. The summed E-state index contributed by atoms with van der Waals surface area (Å²) in [6, 6.07) is 16.3. The van der Waals surface area contributed by atoms with Crippen LogP contribution in [0.2, 0.25) is 0 Å². The van der Waals surface area contributed by atoms with Crippen LogP contribution in [0.1, 0.15) is 38.4 Å². The topological polar surface area (TPSA) is 60.1 Å². The van der Waals surface area contributed by atoms with Gasteiger partial charge in [-0.3, -0.25) is 4.98 Å². The number of carbonyl (C=O) groups is 1. The van der Waals surface area contributed by atoms with Crippen molar-refractivity contribution < 1.29 is 9.18 Å². The Morgan fingerprint density at radius 2 is 1.76 bits per heavy atom. The van der Waals surface area contributed by atoms with E-state index in [1.165, 1.54) is 6.07 Å². The molecule has 2 heterocycles. The summed E-state index contributed by atoms with van der Waals surface area (Å²) in [5, 5.41) is 0.901. The van der Waals surface area contributed by atoms with Crippen LogP contribution in [0.5, 0.6) is 0 Å². The smallest absolute Gasteiger partial charge is 0.226 e. The number of allylic oxidation sites excluding steroid dienone is 2. The maximum Gasteiger partial charge on any atom is 0.226 e. The maximum atomic E-state index is 15.2. The first-order valence-corrected chi connectivity index (χ1v) is 12.4. The van der Waals surface area contributed by atoms with Gasteiger partial charge in [-0.1, -0.05) is 57.2 Å². The second-order valence-corrected chi connectivity index (χ2v) is 10.6. The molecule has 0 saturated carbocycles. The third kappa shape index (κ3) is 3.34. The lowest BCUT2D eigenvalue weighted by molar-refractivity contribution is -0.128. The zero-order valence-electron chi connectivity index (χ0n) is 20.9. The largest absolute Gasteiger partial charge is 0.307 e. The molecule has 182 valence electrons. The zero-order chi connectivity index (χ0) is 25.9. The number of nitrogens with zero attached hydrogens (tertiary/aromatic N) is 4. The summed E-state index contributed by atoms with van der Waals surface area (Å²) in [5.41, 5.74) is 2.95. The Hall–Kier alpha value is -4.24. The lowest BCUT2D eigenvalue weighted by Crippen LogP contribution is -2.51. The zero-order valence-corrected chi connectivity index (χ0v) is 20.9. The van der Waals surface area contributed by atoms with E-state index in [1.807, 2.05) is 44.2 Å². The molecule has 0 bridgehead atoms. The van der Waals surface area contributed by atoms with E-state index in [1.54, 1.807) is 30.5 Å². The van der Waals surface area contributed by atoms with Gasteiger partial charge in [0.1, 0.15) is 5.82 Å². The molecule has 0 aliphatic heterocycles. The van der Waals surface area contributed by atoms with Crippen LogP contribution >= 0.6 is 0 Å². The molecule has 2 aromatic heterocycles. The van der Waals surface area contributed by atoms with E-state index in [0.717, 1.165) is 27.7 Å². The highest BCUT2D eigenvalue weighted by Crippen LogP contribution is 2.55. The molecule has 0 N–H and O–H groups in total. The number of ketones is 1. The lowest BCUT2D eigenvalue weighted by atomic mass is 9.53. The monoisotopic (exact) mass is 488 g/mol. The molecule has 0 radical (unpaired) electrons. The van der Waals surface area contributed by atoms with Crippen LogP contribution in [0, 0.1) is 23.7 Å².